The lowest BCUT2D eigenvalue weighted by molar-refractivity contribution is -0.144. The lowest BCUT2D eigenvalue weighted by Gasteiger charge is -2.12. The number of benzene rings is 2. The van der Waals surface area contributed by atoms with Gasteiger partial charge in [0.1, 0.15) is 18.1 Å². The summed E-state index contributed by atoms with van der Waals surface area (Å²) in [6.07, 6.45) is -0.909. The molecular weight excluding hydrogens is 327 g/mol. The summed E-state index contributed by atoms with van der Waals surface area (Å²) >= 11 is 12.1. The van der Waals surface area contributed by atoms with Gasteiger partial charge in [-0.1, -0.05) is 29.3 Å². The van der Waals surface area contributed by atoms with Gasteiger partial charge < -0.3 is 14.6 Å². The van der Waals surface area contributed by atoms with Crippen LogP contribution in [0.3, 0.4) is 0 Å². The lowest BCUT2D eigenvalue weighted by Crippen LogP contribution is -2.22. The fourth-order valence-electron chi connectivity index (χ4n) is 1.69. The molecule has 1 atom stereocenters. The van der Waals surface area contributed by atoms with Gasteiger partial charge >= 0.3 is 5.97 Å². The van der Waals surface area contributed by atoms with Crippen LogP contribution >= 0.6 is 23.2 Å². The molecule has 0 aliphatic rings. The van der Waals surface area contributed by atoms with Gasteiger partial charge in [0.25, 0.3) is 0 Å². The molecular formula is C16H14Cl2O4. The van der Waals surface area contributed by atoms with Gasteiger partial charge in [0.15, 0.2) is 6.10 Å². The molecule has 22 heavy (non-hydrogen) atoms. The van der Waals surface area contributed by atoms with Crippen LogP contribution in [-0.4, -0.2) is 17.2 Å². The first-order valence-electron chi connectivity index (χ1n) is 6.52. The molecule has 0 aromatic heterocycles. The Kier molecular flexibility index (Phi) is 5.52. The third-order valence-corrected chi connectivity index (χ3v) is 3.64. The molecule has 4 nitrogen and oxygen atoms in total. The maximum absolute atomic E-state index is 10.7. The average Bonchev–Trinajstić information content (AvgIpc) is 2.48. The van der Waals surface area contributed by atoms with Crippen molar-refractivity contribution in [3.8, 4) is 11.5 Å². The van der Waals surface area contributed by atoms with Crippen LogP contribution in [0, 0.1) is 0 Å². The van der Waals surface area contributed by atoms with Crippen LogP contribution in [-0.2, 0) is 11.4 Å². The second kappa shape index (κ2) is 7.38. The Labute approximate surface area is 138 Å². The third-order valence-electron chi connectivity index (χ3n) is 2.93. The van der Waals surface area contributed by atoms with Gasteiger partial charge in [-0.05, 0) is 43.3 Å². The van der Waals surface area contributed by atoms with Crippen molar-refractivity contribution in [3.05, 3.63) is 58.1 Å². The maximum atomic E-state index is 10.7. The Bertz CT molecular complexity index is 635. The summed E-state index contributed by atoms with van der Waals surface area (Å²) in [5.74, 6) is 0.0398. The molecule has 0 heterocycles. The molecule has 0 radical (unpaired) electrons. The van der Waals surface area contributed by atoms with Gasteiger partial charge in [0.05, 0.1) is 0 Å². The molecule has 116 valence electrons. The third kappa shape index (κ3) is 4.29. The van der Waals surface area contributed by atoms with E-state index >= 15 is 0 Å². The lowest BCUT2D eigenvalue weighted by atomic mass is 10.2. The average molecular weight is 341 g/mol. The van der Waals surface area contributed by atoms with Gasteiger partial charge in [-0.25, -0.2) is 4.79 Å². The molecule has 0 bridgehead atoms. The fourth-order valence-corrected chi connectivity index (χ4v) is 2.20. The first-order valence-corrected chi connectivity index (χ1v) is 7.28. The van der Waals surface area contributed by atoms with Crippen LogP contribution < -0.4 is 9.47 Å². The first kappa shape index (κ1) is 16.5. The van der Waals surface area contributed by atoms with Crippen LogP contribution in [0.2, 0.25) is 10.0 Å². The van der Waals surface area contributed by atoms with E-state index in [0.29, 0.717) is 27.1 Å². The van der Waals surface area contributed by atoms with E-state index in [1.165, 1.54) is 6.92 Å². The number of carbonyl (C=O) groups is 1. The Morgan fingerprint density at radius 1 is 1.09 bits per heavy atom. The number of halogens is 2. The molecule has 0 aliphatic heterocycles. The zero-order chi connectivity index (χ0) is 16.1. The second-order valence-electron chi connectivity index (χ2n) is 4.56. The van der Waals surface area contributed by atoms with Crippen molar-refractivity contribution >= 4 is 29.2 Å². The summed E-state index contributed by atoms with van der Waals surface area (Å²) in [5.41, 5.74) is 0.714. The van der Waals surface area contributed by atoms with Crippen molar-refractivity contribution in [3.63, 3.8) is 0 Å². The highest BCUT2D eigenvalue weighted by Gasteiger charge is 2.12. The Morgan fingerprint density at radius 2 is 1.64 bits per heavy atom. The predicted molar refractivity (Wildman–Crippen MR) is 85.0 cm³/mol. The van der Waals surface area contributed by atoms with Crippen LogP contribution in [0.1, 0.15) is 12.5 Å². The smallest absolute Gasteiger partial charge is 0.344 e. The van der Waals surface area contributed by atoms with Crippen LogP contribution in [0.5, 0.6) is 11.5 Å². The Morgan fingerprint density at radius 3 is 2.18 bits per heavy atom. The maximum Gasteiger partial charge on any atom is 0.344 e. The van der Waals surface area contributed by atoms with Gasteiger partial charge in [0, 0.05) is 15.6 Å². The van der Waals surface area contributed by atoms with Crippen molar-refractivity contribution in [1.82, 2.24) is 0 Å². The summed E-state index contributed by atoms with van der Waals surface area (Å²) in [6.45, 7) is 1.70. The molecule has 0 fully saturated rings. The van der Waals surface area contributed by atoms with E-state index in [9.17, 15) is 4.79 Å². The van der Waals surface area contributed by atoms with E-state index in [-0.39, 0.29) is 6.61 Å². The van der Waals surface area contributed by atoms with Gasteiger partial charge in [0.2, 0.25) is 0 Å². The number of rotatable bonds is 6. The van der Waals surface area contributed by atoms with Crippen LogP contribution in [0.25, 0.3) is 0 Å². The Hall–Kier alpha value is -1.91. The number of aliphatic carboxylic acids is 1. The number of hydrogen-bond donors (Lipinski definition) is 1. The topological polar surface area (TPSA) is 55.8 Å². The molecule has 1 unspecified atom stereocenters. The van der Waals surface area contributed by atoms with Crippen molar-refractivity contribution in [1.29, 1.82) is 0 Å². The zero-order valence-electron chi connectivity index (χ0n) is 11.8. The minimum atomic E-state index is -1.02. The standard InChI is InChI=1S/C16H14Cl2O4/c1-10(16(19)20)22-12-7-5-11(6-8-12)21-9-13-14(17)3-2-4-15(13)18/h2-8,10H,9H2,1H3,(H,19,20). The molecule has 6 heteroatoms. The van der Waals surface area contributed by atoms with E-state index in [1.807, 2.05) is 0 Å². The molecule has 1 N–H and O–H groups in total. The highest BCUT2D eigenvalue weighted by atomic mass is 35.5. The second-order valence-corrected chi connectivity index (χ2v) is 5.37. The van der Waals surface area contributed by atoms with E-state index in [2.05, 4.69) is 0 Å². The van der Waals surface area contributed by atoms with Gasteiger partial charge in [-0.3, -0.25) is 0 Å². The summed E-state index contributed by atoms with van der Waals surface area (Å²) in [7, 11) is 0. The molecule has 2 rings (SSSR count). The predicted octanol–water partition coefficient (Wildman–Crippen LogP) is 4.42. The molecule has 2 aromatic rings. The summed E-state index contributed by atoms with van der Waals surface area (Å²) in [6, 6.07) is 11.9. The normalized spacial score (nSPS) is 11.8. The largest absolute Gasteiger partial charge is 0.489 e. The van der Waals surface area contributed by atoms with Crippen molar-refractivity contribution in [2.45, 2.75) is 19.6 Å². The van der Waals surface area contributed by atoms with Crippen LogP contribution in [0.4, 0.5) is 0 Å². The molecule has 0 aliphatic carbocycles. The number of hydrogen-bond acceptors (Lipinski definition) is 3. The fraction of sp³-hybridized carbons (Fsp3) is 0.188. The highest BCUT2D eigenvalue weighted by Crippen LogP contribution is 2.26. The minimum absolute atomic E-state index is 0.240. The summed E-state index contributed by atoms with van der Waals surface area (Å²) < 4.78 is 10.9. The molecule has 2 aromatic carbocycles. The zero-order valence-corrected chi connectivity index (χ0v) is 13.3. The molecule has 0 spiro atoms. The first-order chi connectivity index (χ1) is 10.5. The minimum Gasteiger partial charge on any atom is -0.489 e. The number of carboxylic acids is 1. The monoisotopic (exact) mass is 340 g/mol. The Balaban J connectivity index is 1.98. The summed E-state index contributed by atoms with van der Waals surface area (Å²) in [4.78, 5) is 10.7. The molecule has 0 amide bonds. The van der Waals surface area contributed by atoms with Crippen molar-refractivity contribution in [2.24, 2.45) is 0 Å². The van der Waals surface area contributed by atoms with Gasteiger partial charge in [-0.2, -0.15) is 0 Å². The van der Waals surface area contributed by atoms with Gasteiger partial charge in [-0.15, -0.1) is 0 Å². The SMILES string of the molecule is CC(Oc1ccc(OCc2c(Cl)cccc2Cl)cc1)C(=O)O. The van der Waals surface area contributed by atoms with E-state index < -0.39 is 12.1 Å². The molecule has 0 saturated carbocycles. The highest BCUT2D eigenvalue weighted by molar-refractivity contribution is 6.35. The quantitative estimate of drug-likeness (QED) is 0.845. The number of ether oxygens (including phenoxy) is 2. The van der Waals surface area contributed by atoms with E-state index in [0.717, 1.165) is 0 Å². The number of carboxylic acid groups (broad SMARTS) is 1. The summed E-state index contributed by atoms with van der Waals surface area (Å²) in [5, 5.41) is 9.87. The molecule has 0 saturated heterocycles. The van der Waals surface area contributed by atoms with Crippen LogP contribution in [0.15, 0.2) is 42.5 Å². The van der Waals surface area contributed by atoms with E-state index in [4.69, 9.17) is 37.8 Å². The van der Waals surface area contributed by atoms with Crippen molar-refractivity contribution in [2.75, 3.05) is 0 Å². The van der Waals surface area contributed by atoms with E-state index in [1.54, 1.807) is 42.5 Å². The van der Waals surface area contributed by atoms with Crippen molar-refractivity contribution < 1.29 is 19.4 Å².